The summed E-state index contributed by atoms with van der Waals surface area (Å²) in [4.78, 5) is 16.4. The van der Waals surface area contributed by atoms with Crippen molar-refractivity contribution < 1.29 is 4.79 Å². The van der Waals surface area contributed by atoms with Crippen LogP contribution in [-0.4, -0.2) is 24.5 Å². The number of nitrogens with zero attached hydrogens (tertiary/aromatic N) is 1. The lowest BCUT2D eigenvalue weighted by Crippen LogP contribution is -2.30. The first-order chi connectivity index (χ1) is 9.11. The third-order valence-corrected chi connectivity index (χ3v) is 4.12. The third kappa shape index (κ3) is 3.25. The van der Waals surface area contributed by atoms with Crippen LogP contribution in [0.15, 0.2) is 12.3 Å². The summed E-state index contributed by atoms with van der Waals surface area (Å²) < 4.78 is 0. The molecule has 2 atom stereocenters. The molecule has 2 N–H and O–H groups in total. The van der Waals surface area contributed by atoms with Gasteiger partial charge in [0.05, 0.1) is 11.3 Å². The predicted octanol–water partition coefficient (Wildman–Crippen LogP) is 2.60. The molecule has 1 aromatic heterocycles. The minimum Gasteiger partial charge on any atom is -0.387 e. The van der Waals surface area contributed by atoms with Crippen molar-refractivity contribution in [3.05, 3.63) is 23.5 Å². The van der Waals surface area contributed by atoms with E-state index in [0.29, 0.717) is 11.5 Å². The second-order valence-corrected chi connectivity index (χ2v) is 5.50. The lowest BCUT2D eigenvalue weighted by molar-refractivity contribution is 0.0945. The monoisotopic (exact) mass is 261 g/mol. The van der Waals surface area contributed by atoms with Crippen LogP contribution in [0.25, 0.3) is 0 Å². The smallest absolute Gasteiger partial charge is 0.254 e. The molecule has 4 nitrogen and oxygen atoms in total. The van der Waals surface area contributed by atoms with Gasteiger partial charge in [0.1, 0.15) is 0 Å². The number of hydrogen-bond acceptors (Lipinski definition) is 3. The minimum atomic E-state index is -0.0315. The topological polar surface area (TPSA) is 54.0 Å². The molecule has 0 bridgehead atoms. The zero-order chi connectivity index (χ0) is 13.8. The number of pyridine rings is 1. The van der Waals surface area contributed by atoms with Gasteiger partial charge in [0, 0.05) is 25.5 Å². The molecule has 1 aliphatic carbocycles. The Morgan fingerprint density at radius 1 is 1.47 bits per heavy atom. The summed E-state index contributed by atoms with van der Waals surface area (Å²) >= 11 is 0. The van der Waals surface area contributed by atoms with Crippen LogP contribution in [0.3, 0.4) is 0 Å². The molecule has 0 spiro atoms. The number of carbonyl (C=O) groups is 1. The van der Waals surface area contributed by atoms with Crippen LogP contribution in [0, 0.1) is 18.8 Å². The first-order valence-corrected chi connectivity index (χ1v) is 7.04. The molecular formula is C15H23N3O. The van der Waals surface area contributed by atoms with Crippen molar-refractivity contribution >= 4 is 11.6 Å². The fourth-order valence-electron chi connectivity index (χ4n) is 2.79. The van der Waals surface area contributed by atoms with Crippen LogP contribution >= 0.6 is 0 Å². The molecule has 0 aromatic carbocycles. The van der Waals surface area contributed by atoms with E-state index in [1.54, 1.807) is 6.20 Å². The lowest BCUT2D eigenvalue weighted by Gasteiger charge is -2.16. The van der Waals surface area contributed by atoms with Crippen molar-refractivity contribution in [3.8, 4) is 0 Å². The highest BCUT2D eigenvalue weighted by Crippen LogP contribution is 2.30. The average molecular weight is 261 g/mol. The molecule has 1 amide bonds. The van der Waals surface area contributed by atoms with E-state index in [9.17, 15) is 4.79 Å². The van der Waals surface area contributed by atoms with Crippen LogP contribution in [-0.2, 0) is 0 Å². The highest BCUT2D eigenvalue weighted by atomic mass is 16.1. The van der Waals surface area contributed by atoms with E-state index in [-0.39, 0.29) is 5.91 Å². The van der Waals surface area contributed by atoms with Gasteiger partial charge in [-0.3, -0.25) is 9.78 Å². The molecular weight excluding hydrogens is 238 g/mol. The second-order valence-electron chi connectivity index (χ2n) is 5.50. The summed E-state index contributed by atoms with van der Waals surface area (Å²) in [5.74, 6) is 1.32. The van der Waals surface area contributed by atoms with Gasteiger partial charge < -0.3 is 10.6 Å². The molecule has 0 radical (unpaired) electrons. The molecule has 1 saturated carbocycles. The van der Waals surface area contributed by atoms with Crippen molar-refractivity contribution in [1.29, 1.82) is 0 Å². The first-order valence-electron chi connectivity index (χ1n) is 7.04. The highest BCUT2D eigenvalue weighted by molar-refractivity contribution is 5.99. The fraction of sp³-hybridized carbons (Fsp3) is 0.600. The molecule has 2 rings (SSSR count). The van der Waals surface area contributed by atoms with Crippen LogP contribution in [0.2, 0.25) is 0 Å². The Balaban J connectivity index is 1.99. The lowest BCUT2D eigenvalue weighted by atomic mass is 9.98. The molecule has 19 heavy (non-hydrogen) atoms. The van der Waals surface area contributed by atoms with Gasteiger partial charge in [-0.15, -0.1) is 0 Å². The van der Waals surface area contributed by atoms with E-state index < -0.39 is 0 Å². The van der Waals surface area contributed by atoms with Crippen LogP contribution in [0.1, 0.15) is 42.2 Å². The van der Waals surface area contributed by atoms with Crippen molar-refractivity contribution in [2.24, 2.45) is 11.8 Å². The molecule has 1 aromatic rings. The van der Waals surface area contributed by atoms with Gasteiger partial charge in [-0.25, -0.2) is 0 Å². The number of aromatic nitrogens is 1. The van der Waals surface area contributed by atoms with Crippen molar-refractivity contribution in [2.75, 3.05) is 18.9 Å². The zero-order valence-electron chi connectivity index (χ0n) is 12.0. The van der Waals surface area contributed by atoms with E-state index in [0.717, 1.165) is 23.8 Å². The van der Waals surface area contributed by atoms with E-state index in [1.165, 1.54) is 19.3 Å². The van der Waals surface area contributed by atoms with E-state index >= 15 is 0 Å². The predicted molar refractivity (Wildman–Crippen MR) is 77.4 cm³/mol. The maximum absolute atomic E-state index is 12.2. The van der Waals surface area contributed by atoms with Crippen molar-refractivity contribution in [3.63, 3.8) is 0 Å². The molecule has 0 aliphatic heterocycles. The average Bonchev–Trinajstić information content (AvgIpc) is 2.81. The Kier molecular flexibility index (Phi) is 4.40. The molecule has 1 heterocycles. The quantitative estimate of drug-likeness (QED) is 0.876. The Hall–Kier alpha value is -1.58. The van der Waals surface area contributed by atoms with Crippen LogP contribution in [0.4, 0.5) is 5.69 Å². The largest absolute Gasteiger partial charge is 0.387 e. The zero-order valence-corrected chi connectivity index (χ0v) is 12.0. The summed E-state index contributed by atoms with van der Waals surface area (Å²) in [5, 5.41) is 6.10. The number of anilines is 1. The minimum absolute atomic E-state index is 0.0315. The SMILES string of the molecule is CNc1cc(C)ncc1C(=O)NCC1CCCC1C. The third-order valence-electron chi connectivity index (χ3n) is 4.12. The summed E-state index contributed by atoms with van der Waals surface area (Å²) in [7, 11) is 1.82. The Morgan fingerprint density at radius 3 is 2.89 bits per heavy atom. The number of aryl methyl sites for hydroxylation is 1. The van der Waals surface area contributed by atoms with Gasteiger partial charge in [-0.1, -0.05) is 19.8 Å². The number of hydrogen-bond donors (Lipinski definition) is 2. The van der Waals surface area contributed by atoms with Crippen molar-refractivity contribution in [1.82, 2.24) is 10.3 Å². The number of amides is 1. The van der Waals surface area contributed by atoms with E-state index in [1.807, 2.05) is 20.0 Å². The molecule has 1 aliphatic rings. The fourth-order valence-corrected chi connectivity index (χ4v) is 2.79. The van der Waals surface area contributed by atoms with Gasteiger partial charge in [0.2, 0.25) is 0 Å². The van der Waals surface area contributed by atoms with Crippen LogP contribution < -0.4 is 10.6 Å². The second kappa shape index (κ2) is 6.04. The summed E-state index contributed by atoms with van der Waals surface area (Å²) in [6.07, 6.45) is 5.45. The van der Waals surface area contributed by atoms with Gasteiger partial charge in [0.25, 0.3) is 5.91 Å². The summed E-state index contributed by atoms with van der Waals surface area (Å²) in [6, 6.07) is 1.90. The van der Waals surface area contributed by atoms with Crippen LogP contribution in [0.5, 0.6) is 0 Å². The maximum Gasteiger partial charge on any atom is 0.254 e. The Bertz CT molecular complexity index is 459. The Labute approximate surface area is 115 Å². The standard InChI is InChI=1S/C15H23N3O/c1-10-5-4-6-12(10)8-18-15(19)13-9-17-11(2)7-14(13)16-3/h7,9-10,12H,4-6,8H2,1-3H3,(H,16,17)(H,18,19). The van der Waals surface area contributed by atoms with Gasteiger partial charge in [-0.05, 0) is 31.2 Å². The van der Waals surface area contributed by atoms with Crippen molar-refractivity contribution in [2.45, 2.75) is 33.1 Å². The number of nitrogens with one attached hydrogen (secondary N) is 2. The number of rotatable bonds is 4. The maximum atomic E-state index is 12.2. The van der Waals surface area contributed by atoms with E-state index in [4.69, 9.17) is 0 Å². The number of carbonyl (C=O) groups excluding carboxylic acids is 1. The molecule has 104 valence electrons. The summed E-state index contributed by atoms with van der Waals surface area (Å²) in [5.41, 5.74) is 2.37. The van der Waals surface area contributed by atoms with Gasteiger partial charge in [-0.2, -0.15) is 0 Å². The normalized spacial score (nSPS) is 22.3. The molecule has 1 fully saturated rings. The first kappa shape index (κ1) is 13.8. The molecule has 4 heteroatoms. The molecule has 0 saturated heterocycles. The highest BCUT2D eigenvalue weighted by Gasteiger charge is 2.24. The summed E-state index contributed by atoms with van der Waals surface area (Å²) in [6.45, 7) is 4.97. The Morgan fingerprint density at radius 2 is 2.26 bits per heavy atom. The van der Waals surface area contributed by atoms with Gasteiger partial charge >= 0.3 is 0 Å². The van der Waals surface area contributed by atoms with Gasteiger partial charge in [0.15, 0.2) is 0 Å². The molecule has 2 unspecified atom stereocenters. The van der Waals surface area contributed by atoms with E-state index in [2.05, 4.69) is 22.5 Å².